The first kappa shape index (κ1) is 14.3. The fourth-order valence-electron chi connectivity index (χ4n) is 1.67. The highest BCUT2D eigenvalue weighted by atomic mass is 32.1. The summed E-state index contributed by atoms with van der Waals surface area (Å²) in [4.78, 5) is 28.0. The first-order chi connectivity index (χ1) is 9.56. The van der Waals surface area contributed by atoms with E-state index in [1.807, 2.05) is 24.3 Å². The van der Waals surface area contributed by atoms with E-state index >= 15 is 0 Å². The summed E-state index contributed by atoms with van der Waals surface area (Å²) in [6.07, 6.45) is -0.0826. The van der Waals surface area contributed by atoms with E-state index in [9.17, 15) is 9.59 Å². The fraction of sp³-hybridized carbons (Fsp3) is 0.308. The van der Waals surface area contributed by atoms with Crippen molar-refractivity contribution in [2.45, 2.75) is 13.0 Å². The van der Waals surface area contributed by atoms with Crippen LogP contribution >= 0.6 is 11.3 Å². The van der Waals surface area contributed by atoms with Crippen molar-refractivity contribution in [1.82, 2.24) is 15.2 Å². The Labute approximate surface area is 120 Å². The van der Waals surface area contributed by atoms with Crippen LogP contribution in [0.4, 0.5) is 4.79 Å². The first-order valence-corrected chi connectivity index (χ1v) is 6.93. The monoisotopic (exact) mass is 293 g/mol. The minimum absolute atomic E-state index is 0.0826. The largest absolute Gasteiger partial charge is 0.481 e. The highest BCUT2D eigenvalue weighted by Gasteiger charge is 2.11. The van der Waals surface area contributed by atoms with E-state index in [1.165, 1.54) is 4.90 Å². The van der Waals surface area contributed by atoms with Crippen LogP contribution in [0.15, 0.2) is 24.3 Å². The molecule has 0 spiro atoms. The molecule has 0 aliphatic rings. The number of hydrogen-bond donors (Lipinski definition) is 2. The fourth-order valence-corrected chi connectivity index (χ4v) is 2.69. The number of benzene rings is 1. The van der Waals surface area contributed by atoms with Crippen molar-refractivity contribution in [2.24, 2.45) is 0 Å². The van der Waals surface area contributed by atoms with E-state index in [0.717, 1.165) is 15.2 Å². The molecular weight excluding hydrogens is 278 g/mol. The number of aliphatic carboxylic acids is 1. The van der Waals surface area contributed by atoms with Gasteiger partial charge in [0, 0.05) is 13.6 Å². The molecule has 2 N–H and O–H groups in total. The van der Waals surface area contributed by atoms with Gasteiger partial charge in [-0.25, -0.2) is 9.78 Å². The average Bonchev–Trinajstić information content (AvgIpc) is 2.80. The minimum Gasteiger partial charge on any atom is -0.481 e. The predicted octanol–water partition coefficient (Wildman–Crippen LogP) is 1.91. The van der Waals surface area contributed by atoms with Crippen LogP contribution in [0.1, 0.15) is 11.4 Å². The van der Waals surface area contributed by atoms with Gasteiger partial charge in [0.2, 0.25) is 0 Å². The number of carboxylic acid groups (broad SMARTS) is 1. The molecule has 1 aromatic carbocycles. The lowest BCUT2D eigenvalue weighted by Gasteiger charge is -2.16. The Hall–Kier alpha value is -2.15. The molecule has 0 saturated heterocycles. The van der Waals surface area contributed by atoms with E-state index in [0.29, 0.717) is 6.54 Å². The Morgan fingerprint density at radius 3 is 2.85 bits per heavy atom. The Bertz CT molecular complexity index is 593. The second kappa shape index (κ2) is 6.33. The van der Waals surface area contributed by atoms with Gasteiger partial charge >= 0.3 is 12.0 Å². The topological polar surface area (TPSA) is 82.5 Å². The van der Waals surface area contributed by atoms with Crippen LogP contribution < -0.4 is 5.32 Å². The second-order valence-electron chi connectivity index (χ2n) is 4.31. The Kier molecular flexibility index (Phi) is 4.52. The van der Waals surface area contributed by atoms with E-state index in [-0.39, 0.29) is 19.0 Å². The van der Waals surface area contributed by atoms with Gasteiger partial charge in [-0.05, 0) is 12.1 Å². The number of aromatic nitrogens is 1. The molecule has 1 heterocycles. The summed E-state index contributed by atoms with van der Waals surface area (Å²) < 4.78 is 1.09. The van der Waals surface area contributed by atoms with Gasteiger partial charge in [-0.2, -0.15) is 0 Å². The molecule has 2 aromatic rings. The number of rotatable bonds is 5. The molecule has 0 fully saturated rings. The van der Waals surface area contributed by atoms with Crippen molar-refractivity contribution in [3.63, 3.8) is 0 Å². The molecule has 0 aliphatic carbocycles. The number of carboxylic acids is 1. The normalized spacial score (nSPS) is 10.4. The summed E-state index contributed by atoms with van der Waals surface area (Å²) in [5, 5.41) is 11.9. The number of thiazole rings is 1. The van der Waals surface area contributed by atoms with Crippen LogP contribution in [-0.4, -0.2) is 40.6 Å². The molecule has 0 atom stereocenters. The number of amides is 2. The van der Waals surface area contributed by atoms with Gasteiger partial charge in [0.05, 0.1) is 23.2 Å². The lowest BCUT2D eigenvalue weighted by Crippen LogP contribution is -2.37. The van der Waals surface area contributed by atoms with E-state index in [1.54, 1.807) is 18.4 Å². The summed E-state index contributed by atoms with van der Waals surface area (Å²) in [5.74, 6) is -0.931. The summed E-state index contributed by atoms with van der Waals surface area (Å²) in [5.41, 5.74) is 0.923. The maximum atomic E-state index is 11.7. The molecule has 2 amide bonds. The average molecular weight is 293 g/mol. The summed E-state index contributed by atoms with van der Waals surface area (Å²) in [7, 11) is 1.65. The third kappa shape index (κ3) is 3.67. The van der Waals surface area contributed by atoms with Crippen LogP contribution in [0, 0.1) is 0 Å². The molecule has 0 aliphatic heterocycles. The van der Waals surface area contributed by atoms with Crippen molar-refractivity contribution in [3.8, 4) is 0 Å². The number of hydrogen-bond acceptors (Lipinski definition) is 4. The SMILES string of the molecule is CN(Cc1nc2ccccc2s1)C(=O)NCCC(=O)O. The number of nitrogens with one attached hydrogen (secondary N) is 1. The molecule has 0 saturated carbocycles. The quantitative estimate of drug-likeness (QED) is 0.882. The van der Waals surface area contributed by atoms with Gasteiger partial charge in [-0.3, -0.25) is 4.79 Å². The molecule has 6 nitrogen and oxygen atoms in total. The van der Waals surface area contributed by atoms with Crippen LogP contribution in [0.2, 0.25) is 0 Å². The van der Waals surface area contributed by atoms with Gasteiger partial charge in [0.1, 0.15) is 5.01 Å². The number of carbonyl (C=O) groups excluding carboxylic acids is 1. The maximum absolute atomic E-state index is 11.7. The number of nitrogens with zero attached hydrogens (tertiary/aromatic N) is 2. The number of fused-ring (bicyclic) bond motifs is 1. The van der Waals surface area contributed by atoms with Gasteiger partial charge in [0.15, 0.2) is 0 Å². The molecule has 20 heavy (non-hydrogen) atoms. The number of urea groups is 1. The molecule has 1 aromatic heterocycles. The smallest absolute Gasteiger partial charge is 0.317 e. The zero-order valence-electron chi connectivity index (χ0n) is 11.0. The second-order valence-corrected chi connectivity index (χ2v) is 5.42. The van der Waals surface area contributed by atoms with E-state index in [4.69, 9.17) is 5.11 Å². The Morgan fingerprint density at radius 1 is 1.40 bits per heavy atom. The van der Waals surface area contributed by atoms with Crippen molar-refractivity contribution < 1.29 is 14.7 Å². The van der Waals surface area contributed by atoms with Crippen LogP contribution in [0.25, 0.3) is 10.2 Å². The van der Waals surface area contributed by atoms with Gasteiger partial charge < -0.3 is 15.3 Å². The standard InChI is InChI=1S/C13H15N3O3S/c1-16(13(19)14-7-6-12(17)18)8-11-15-9-4-2-3-5-10(9)20-11/h2-5H,6-8H2,1H3,(H,14,19)(H,17,18). The van der Waals surface area contributed by atoms with Gasteiger partial charge in [-0.15, -0.1) is 11.3 Å². The predicted molar refractivity (Wildman–Crippen MR) is 76.7 cm³/mol. The molecular formula is C13H15N3O3S. The maximum Gasteiger partial charge on any atom is 0.317 e. The van der Waals surface area contributed by atoms with Crippen molar-refractivity contribution in [3.05, 3.63) is 29.3 Å². The lowest BCUT2D eigenvalue weighted by atomic mass is 10.3. The third-order valence-electron chi connectivity index (χ3n) is 2.67. The molecule has 0 unspecified atom stereocenters. The highest BCUT2D eigenvalue weighted by Crippen LogP contribution is 2.22. The minimum atomic E-state index is -0.931. The van der Waals surface area contributed by atoms with Crippen molar-refractivity contribution in [2.75, 3.05) is 13.6 Å². The van der Waals surface area contributed by atoms with Crippen molar-refractivity contribution in [1.29, 1.82) is 0 Å². The van der Waals surface area contributed by atoms with Gasteiger partial charge in [0.25, 0.3) is 0 Å². The van der Waals surface area contributed by atoms with E-state index < -0.39 is 5.97 Å². The zero-order valence-corrected chi connectivity index (χ0v) is 11.8. The Balaban J connectivity index is 1.91. The zero-order chi connectivity index (χ0) is 14.5. The first-order valence-electron chi connectivity index (χ1n) is 6.11. The number of carbonyl (C=O) groups is 2. The molecule has 7 heteroatoms. The van der Waals surface area contributed by atoms with E-state index in [2.05, 4.69) is 10.3 Å². The molecule has 0 bridgehead atoms. The number of para-hydroxylation sites is 1. The molecule has 0 radical (unpaired) electrons. The lowest BCUT2D eigenvalue weighted by molar-refractivity contribution is -0.136. The highest BCUT2D eigenvalue weighted by molar-refractivity contribution is 7.18. The van der Waals surface area contributed by atoms with Crippen LogP contribution in [-0.2, 0) is 11.3 Å². The summed E-state index contributed by atoms with van der Waals surface area (Å²) >= 11 is 1.54. The molecule has 106 valence electrons. The third-order valence-corrected chi connectivity index (χ3v) is 3.69. The van der Waals surface area contributed by atoms with Gasteiger partial charge in [-0.1, -0.05) is 12.1 Å². The van der Waals surface area contributed by atoms with Crippen LogP contribution in [0.3, 0.4) is 0 Å². The molecule has 2 rings (SSSR count). The Morgan fingerprint density at radius 2 is 2.15 bits per heavy atom. The summed E-state index contributed by atoms with van der Waals surface area (Å²) in [6.45, 7) is 0.524. The van der Waals surface area contributed by atoms with Crippen molar-refractivity contribution >= 4 is 33.6 Å². The summed E-state index contributed by atoms with van der Waals surface area (Å²) in [6, 6.07) is 7.50. The van der Waals surface area contributed by atoms with Crippen LogP contribution in [0.5, 0.6) is 0 Å².